The lowest BCUT2D eigenvalue weighted by Crippen LogP contribution is -2.64. The second kappa shape index (κ2) is 11.4. The fraction of sp³-hybridized carbons (Fsp3) is 0.562. The molecule has 43 heavy (non-hydrogen) atoms. The number of hydrogen-bond acceptors (Lipinski definition) is 10. The lowest BCUT2D eigenvalue weighted by Gasteiger charge is -2.55. The summed E-state index contributed by atoms with van der Waals surface area (Å²) >= 11 is 0. The lowest BCUT2D eigenvalue weighted by molar-refractivity contribution is -0.0554. The zero-order chi connectivity index (χ0) is 29.6. The van der Waals surface area contributed by atoms with E-state index in [0.717, 1.165) is 70.1 Å². The predicted molar refractivity (Wildman–Crippen MR) is 159 cm³/mol. The van der Waals surface area contributed by atoms with E-state index in [1.807, 2.05) is 6.07 Å². The summed E-state index contributed by atoms with van der Waals surface area (Å²) in [5.41, 5.74) is 2.17. The number of piperidine rings is 1. The highest BCUT2D eigenvalue weighted by Gasteiger charge is 2.51. The van der Waals surface area contributed by atoms with E-state index in [1.165, 1.54) is 31.3 Å². The van der Waals surface area contributed by atoms with Crippen molar-refractivity contribution in [3.63, 3.8) is 0 Å². The zero-order valence-corrected chi connectivity index (χ0v) is 24.8. The summed E-state index contributed by atoms with van der Waals surface area (Å²) in [6.45, 7) is 11.0. The van der Waals surface area contributed by atoms with Gasteiger partial charge in [-0.25, -0.2) is 19.3 Å². The Morgan fingerprint density at radius 1 is 1.09 bits per heavy atom. The van der Waals surface area contributed by atoms with E-state index in [0.29, 0.717) is 40.5 Å². The molecular weight excluding hydrogens is 545 g/mol. The van der Waals surface area contributed by atoms with Crippen molar-refractivity contribution < 1.29 is 9.13 Å². The predicted octanol–water partition coefficient (Wildman–Crippen LogP) is 4.55. The van der Waals surface area contributed by atoms with Crippen LogP contribution < -0.4 is 15.0 Å². The molecule has 2 aromatic heterocycles. The van der Waals surface area contributed by atoms with Gasteiger partial charge in [-0.05, 0) is 75.2 Å². The molecule has 3 saturated heterocycles. The molecule has 0 bridgehead atoms. The van der Waals surface area contributed by atoms with E-state index in [2.05, 4.69) is 54.1 Å². The maximum atomic E-state index is 14.6. The largest absolute Gasteiger partial charge is 0.434 e. The molecule has 1 atom stereocenters. The van der Waals surface area contributed by atoms with Crippen LogP contribution in [-0.4, -0.2) is 75.4 Å². The molecule has 1 spiro atoms. The molecule has 3 aliphatic heterocycles. The van der Waals surface area contributed by atoms with Crippen molar-refractivity contribution in [1.29, 1.82) is 5.26 Å². The Balaban J connectivity index is 1.11. The van der Waals surface area contributed by atoms with Crippen LogP contribution in [0.15, 0.2) is 30.7 Å². The van der Waals surface area contributed by atoms with Crippen molar-refractivity contribution in [2.75, 3.05) is 44.2 Å². The van der Waals surface area contributed by atoms with Crippen molar-refractivity contribution in [2.24, 2.45) is 17.3 Å². The quantitative estimate of drug-likeness (QED) is 0.405. The Bertz CT molecular complexity index is 1530. The van der Waals surface area contributed by atoms with Gasteiger partial charge in [0.05, 0.1) is 5.69 Å². The molecule has 1 aliphatic carbocycles. The van der Waals surface area contributed by atoms with Gasteiger partial charge in [0.1, 0.15) is 24.0 Å². The number of nitrogens with zero attached hydrogens (tertiary/aromatic N) is 8. The molecule has 5 heterocycles. The van der Waals surface area contributed by atoms with Gasteiger partial charge in [-0.2, -0.15) is 5.26 Å². The van der Waals surface area contributed by atoms with Gasteiger partial charge in [0.15, 0.2) is 5.82 Å². The summed E-state index contributed by atoms with van der Waals surface area (Å²) in [6.07, 6.45) is 8.61. The Morgan fingerprint density at radius 3 is 2.65 bits per heavy atom. The van der Waals surface area contributed by atoms with Crippen LogP contribution in [0.25, 0.3) is 11.1 Å². The molecule has 7 rings (SSSR count). The zero-order valence-electron chi connectivity index (χ0n) is 24.8. The summed E-state index contributed by atoms with van der Waals surface area (Å²) < 4.78 is 21.0. The Morgan fingerprint density at radius 2 is 1.91 bits per heavy atom. The Labute approximate surface area is 251 Å². The molecule has 11 heteroatoms. The monoisotopic (exact) mass is 583 g/mol. The highest BCUT2D eigenvalue weighted by atomic mass is 19.1. The van der Waals surface area contributed by atoms with E-state index < -0.39 is 5.82 Å². The third-order valence-corrected chi connectivity index (χ3v) is 9.68. The Hall–Kier alpha value is -3.75. The molecule has 224 valence electrons. The van der Waals surface area contributed by atoms with E-state index in [4.69, 9.17) is 4.74 Å². The first kappa shape index (κ1) is 28.0. The average Bonchev–Trinajstić information content (AvgIpc) is 3.76. The van der Waals surface area contributed by atoms with Crippen LogP contribution in [-0.2, 0) is 0 Å². The third kappa shape index (κ3) is 5.54. The van der Waals surface area contributed by atoms with Crippen LogP contribution in [0, 0.1) is 34.4 Å². The third-order valence-electron chi connectivity index (χ3n) is 9.68. The molecule has 10 nitrogen and oxygen atoms in total. The van der Waals surface area contributed by atoms with Gasteiger partial charge in [0.2, 0.25) is 5.82 Å². The fourth-order valence-electron chi connectivity index (χ4n) is 7.62. The summed E-state index contributed by atoms with van der Waals surface area (Å²) in [5, 5.41) is 21.2. The van der Waals surface area contributed by atoms with Gasteiger partial charge in [-0.1, -0.05) is 13.8 Å². The molecule has 0 radical (unpaired) electrons. The summed E-state index contributed by atoms with van der Waals surface area (Å²) in [7, 11) is 0. The average molecular weight is 584 g/mol. The minimum atomic E-state index is -0.397. The number of anilines is 1. The van der Waals surface area contributed by atoms with Crippen LogP contribution in [0.3, 0.4) is 0 Å². The van der Waals surface area contributed by atoms with Crippen LogP contribution >= 0.6 is 0 Å². The second-order valence-electron chi connectivity index (χ2n) is 13.1. The molecule has 1 aromatic carbocycles. The molecule has 0 amide bonds. The SMILES string of the molecule is CC(C)[C@H](C1CCNCC1)N1CC2(CCN(c3ncnnc3Oc3ccc(F)cc3-c3cnc(C#N)nc3C3CC3)C2)C1. The first-order valence-corrected chi connectivity index (χ1v) is 15.6. The van der Waals surface area contributed by atoms with Gasteiger partial charge in [-0.3, -0.25) is 4.90 Å². The smallest absolute Gasteiger partial charge is 0.282 e. The van der Waals surface area contributed by atoms with Crippen LogP contribution in [0.5, 0.6) is 11.6 Å². The molecule has 1 saturated carbocycles. The maximum absolute atomic E-state index is 14.6. The molecule has 3 aromatic rings. The summed E-state index contributed by atoms with van der Waals surface area (Å²) in [6, 6.07) is 7.04. The highest BCUT2D eigenvalue weighted by Crippen LogP contribution is 2.47. The lowest BCUT2D eigenvalue weighted by atomic mass is 9.73. The van der Waals surface area contributed by atoms with Gasteiger partial charge in [-0.15, -0.1) is 10.2 Å². The number of nitriles is 1. The van der Waals surface area contributed by atoms with E-state index >= 15 is 0 Å². The van der Waals surface area contributed by atoms with Gasteiger partial charge < -0.3 is 15.0 Å². The standard InChI is InChI=1S/C32H38FN9O/c1-20(2)29(22-7-10-35-11-8-22)42-17-32(18-42)9-12-41(16-32)30-31(40-38-19-37-30)43-26-6-5-23(33)13-24(26)25-15-36-27(14-34)39-28(25)21-3-4-21/h5-6,13,15,19-22,29,35H,3-4,7-12,16-18H2,1-2H3/t29-/m1/s1. The normalized spacial score (nSPS) is 21.1. The number of aromatic nitrogens is 5. The summed E-state index contributed by atoms with van der Waals surface area (Å²) in [5.74, 6) is 2.70. The molecule has 4 fully saturated rings. The number of ether oxygens (including phenoxy) is 1. The molecule has 4 aliphatic rings. The van der Waals surface area contributed by atoms with Crippen molar-refractivity contribution >= 4 is 5.82 Å². The van der Waals surface area contributed by atoms with Crippen molar-refractivity contribution in [2.45, 2.75) is 57.9 Å². The van der Waals surface area contributed by atoms with Crippen molar-refractivity contribution in [3.8, 4) is 28.8 Å². The van der Waals surface area contributed by atoms with E-state index in [9.17, 15) is 9.65 Å². The topological polar surface area (TPSA) is 116 Å². The summed E-state index contributed by atoms with van der Waals surface area (Å²) in [4.78, 5) is 18.3. The number of likely N-dealkylation sites (tertiary alicyclic amines) is 1. The van der Waals surface area contributed by atoms with E-state index in [1.54, 1.807) is 12.3 Å². The molecule has 1 N–H and O–H groups in total. The van der Waals surface area contributed by atoms with Gasteiger partial charge in [0, 0.05) is 60.9 Å². The maximum Gasteiger partial charge on any atom is 0.282 e. The number of rotatable bonds is 8. The minimum absolute atomic E-state index is 0.109. The first-order valence-electron chi connectivity index (χ1n) is 15.6. The minimum Gasteiger partial charge on any atom is -0.434 e. The first-order chi connectivity index (χ1) is 20.9. The number of hydrogen-bond donors (Lipinski definition) is 1. The molecular formula is C32H38FN9O. The number of nitrogens with one attached hydrogen (secondary N) is 1. The van der Waals surface area contributed by atoms with Crippen LogP contribution in [0.2, 0.25) is 0 Å². The van der Waals surface area contributed by atoms with E-state index in [-0.39, 0.29) is 17.2 Å². The number of halogens is 1. The second-order valence-corrected chi connectivity index (χ2v) is 13.1. The molecule has 0 unspecified atom stereocenters. The van der Waals surface area contributed by atoms with Crippen molar-refractivity contribution in [3.05, 3.63) is 48.1 Å². The van der Waals surface area contributed by atoms with Crippen molar-refractivity contribution in [1.82, 2.24) is 35.4 Å². The Kier molecular flexibility index (Phi) is 7.43. The van der Waals surface area contributed by atoms with Crippen LogP contribution in [0.1, 0.15) is 63.4 Å². The highest BCUT2D eigenvalue weighted by molar-refractivity contribution is 5.73. The van der Waals surface area contributed by atoms with Crippen LogP contribution in [0.4, 0.5) is 10.2 Å². The van der Waals surface area contributed by atoms with Gasteiger partial charge in [0.25, 0.3) is 5.88 Å². The fourth-order valence-corrected chi connectivity index (χ4v) is 7.62. The number of benzene rings is 1. The van der Waals surface area contributed by atoms with Gasteiger partial charge >= 0.3 is 0 Å².